The Hall–Kier alpha value is -2.81. The van der Waals surface area contributed by atoms with Gasteiger partial charge >= 0.3 is 6.03 Å². The number of benzene rings is 3. The van der Waals surface area contributed by atoms with E-state index in [0.717, 1.165) is 11.1 Å². The summed E-state index contributed by atoms with van der Waals surface area (Å²) in [5.74, 6) is 0. The molecule has 0 aromatic heterocycles. The van der Waals surface area contributed by atoms with Crippen LogP contribution in [0.15, 0.2) is 66.7 Å². The maximum absolute atomic E-state index is 12.3. The van der Waals surface area contributed by atoms with Crippen molar-refractivity contribution in [2.45, 2.75) is 20.0 Å². The first-order valence-electron chi connectivity index (χ1n) is 8.14. The normalized spacial score (nSPS) is 10.6. The van der Waals surface area contributed by atoms with E-state index in [1.165, 1.54) is 16.3 Å². The summed E-state index contributed by atoms with van der Waals surface area (Å²) in [7, 11) is 1.82. The molecule has 24 heavy (non-hydrogen) atoms. The highest BCUT2D eigenvalue weighted by Crippen LogP contribution is 2.16. The minimum atomic E-state index is -0.0660. The van der Waals surface area contributed by atoms with Crippen LogP contribution in [0.25, 0.3) is 10.8 Å². The first kappa shape index (κ1) is 16.1. The predicted octanol–water partition coefficient (Wildman–Crippen LogP) is 4.49. The predicted molar refractivity (Wildman–Crippen MR) is 98.8 cm³/mol. The molecule has 0 saturated heterocycles. The van der Waals surface area contributed by atoms with E-state index >= 15 is 0 Å². The topological polar surface area (TPSA) is 32.3 Å². The Kier molecular flexibility index (Phi) is 4.80. The molecule has 0 bridgehead atoms. The third-order valence-corrected chi connectivity index (χ3v) is 4.14. The van der Waals surface area contributed by atoms with Crippen molar-refractivity contribution in [2.75, 3.05) is 7.05 Å². The fraction of sp³-hybridized carbons (Fsp3) is 0.190. The number of hydrogen-bond donors (Lipinski definition) is 1. The summed E-state index contributed by atoms with van der Waals surface area (Å²) in [5.41, 5.74) is 3.45. The van der Waals surface area contributed by atoms with Crippen LogP contribution in [-0.2, 0) is 13.1 Å². The van der Waals surface area contributed by atoms with Crippen molar-refractivity contribution in [1.82, 2.24) is 10.2 Å². The maximum atomic E-state index is 12.3. The zero-order valence-electron chi connectivity index (χ0n) is 14.1. The second kappa shape index (κ2) is 7.18. The fourth-order valence-corrected chi connectivity index (χ4v) is 2.70. The first-order chi connectivity index (χ1) is 11.6. The van der Waals surface area contributed by atoms with E-state index in [1.54, 1.807) is 4.90 Å². The number of carbonyl (C=O) groups excluding carboxylic acids is 1. The van der Waals surface area contributed by atoms with Crippen LogP contribution < -0.4 is 5.32 Å². The van der Waals surface area contributed by atoms with Crippen molar-refractivity contribution < 1.29 is 4.79 Å². The molecule has 0 aliphatic rings. The molecule has 0 radical (unpaired) electrons. The molecule has 0 atom stereocenters. The zero-order valence-corrected chi connectivity index (χ0v) is 14.1. The van der Waals surface area contributed by atoms with Crippen LogP contribution in [-0.4, -0.2) is 18.0 Å². The summed E-state index contributed by atoms with van der Waals surface area (Å²) in [4.78, 5) is 14.0. The third kappa shape index (κ3) is 3.93. The summed E-state index contributed by atoms with van der Waals surface area (Å²) < 4.78 is 0. The summed E-state index contributed by atoms with van der Waals surface area (Å²) in [6.45, 7) is 3.19. The Morgan fingerprint density at radius 1 is 0.917 bits per heavy atom. The van der Waals surface area contributed by atoms with Crippen LogP contribution >= 0.6 is 0 Å². The molecular weight excluding hydrogens is 296 g/mol. The van der Waals surface area contributed by atoms with Crippen LogP contribution in [0.1, 0.15) is 16.7 Å². The SMILES string of the molecule is Cc1ccc(CNC(=O)N(C)Cc2ccc3ccccc3c2)cc1. The largest absolute Gasteiger partial charge is 0.334 e. The van der Waals surface area contributed by atoms with Gasteiger partial charge < -0.3 is 10.2 Å². The quantitative estimate of drug-likeness (QED) is 0.755. The second-order valence-corrected chi connectivity index (χ2v) is 6.18. The number of carbonyl (C=O) groups is 1. The number of amides is 2. The average Bonchev–Trinajstić information content (AvgIpc) is 2.61. The van der Waals surface area contributed by atoms with E-state index in [4.69, 9.17) is 0 Å². The lowest BCUT2D eigenvalue weighted by atomic mass is 10.1. The molecule has 0 spiro atoms. The molecule has 2 amide bonds. The molecule has 0 heterocycles. The molecule has 3 rings (SSSR count). The van der Waals surface area contributed by atoms with Gasteiger partial charge in [0.15, 0.2) is 0 Å². The van der Waals surface area contributed by atoms with Gasteiger partial charge in [0, 0.05) is 20.1 Å². The van der Waals surface area contributed by atoms with E-state index in [2.05, 4.69) is 54.7 Å². The number of aryl methyl sites for hydroxylation is 1. The fourth-order valence-electron chi connectivity index (χ4n) is 2.70. The maximum Gasteiger partial charge on any atom is 0.317 e. The van der Waals surface area contributed by atoms with Crippen LogP contribution in [0.5, 0.6) is 0 Å². The molecule has 0 saturated carbocycles. The minimum Gasteiger partial charge on any atom is -0.334 e. The molecule has 1 N–H and O–H groups in total. The lowest BCUT2D eigenvalue weighted by Gasteiger charge is -2.18. The highest BCUT2D eigenvalue weighted by atomic mass is 16.2. The molecule has 0 aliphatic carbocycles. The van der Waals surface area contributed by atoms with Crippen LogP contribution in [0.4, 0.5) is 4.79 Å². The van der Waals surface area contributed by atoms with Crippen molar-refractivity contribution in [3.63, 3.8) is 0 Å². The van der Waals surface area contributed by atoms with Crippen LogP contribution in [0.3, 0.4) is 0 Å². The van der Waals surface area contributed by atoms with E-state index in [1.807, 2.05) is 31.3 Å². The van der Waals surface area contributed by atoms with E-state index < -0.39 is 0 Å². The Morgan fingerprint density at radius 2 is 1.58 bits per heavy atom. The average molecular weight is 318 g/mol. The van der Waals surface area contributed by atoms with Gasteiger partial charge in [-0.3, -0.25) is 0 Å². The monoisotopic (exact) mass is 318 g/mol. The molecule has 122 valence electrons. The molecule has 3 aromatic carbocycles. The standard InChI is InChI=1S/C21H22N2O/c1-16-7-9-17(10-8-16)14-22-21(24)23(2)15-18-11-12-19-5-3-4-6-20(19)13-18/h3-13H,14-15H2,1-2H3,(H,22,24). The number of fused-ring (bicyclic) bond motifs is 1. The lowest BCUT2D eigenvalue weighted by Crippen LogP contribution is -2.36. The molecule has 0 fully saturated rings. The van der Waals surface area contributed by atoms with E-state index in [-0.39, 0.29) is 6.03 Å². The van der Waals surface area contributed by atoms with Gasteiger partial charge in [-0.2, -0.15) is 0 Å². The summed E-state index contributed by atoms with van der Waals surface area (Å²) >= 11 is 0. The molecule has 3 nitrogen and oxygen atoms in total. The smallest absolute Gasteiger partial charge is 0.317 e. The highest BCUT2D eigenvalue weighted by molar-refractivity contribution is 5.83. The number of urea groups is 1. The van der Waals surface area contributed by atoms with Gasteiger partial charge in [0.25, 0.3) is 0 Å². The third-order valence-electron chi connectivity index (χ3n) is 4.14. The zero-order chi connectivity index (χ0) is 16.9. The highest BCUT2D eigenvalue weighted by Gasteiger charge is 2.09. The number of nitrogens with zero attached hydrogens (tertiary/aromatic N) is 1. The van der Waals surface area contributed by atoms with Crippen LogP contribution in [0, 0.1) is 6.92 Å². The molecular formula is C21H22N2O. The Bertz CT molecular complexity index is 840. The van der Waals surface area contributed by atoms with Gasteiger partial charge in [0.2, 0.25) is 0 Å². The molecule has 3 heteroatoms. The number of nitrogens with one attached hydrogen (secondary N) is 1. The van der Waals surface area contributed by atoms with Crippen molar-refractivity contribution in [2.24, 2.45) is 0 Å². The van der Waals surface area contributed by atoms with Gasteiger partial charge in [-0.15, -0.1) is 0 Å². The Morgan fingerprint density at radius 3 is 2.33 bits per heavy atom. The molecule has 3 aromatic rings. The minimum absolute atomic E-state index is 0.0660. The van der Waals surface area contributed by atoms with Gasteiger partial charge in [0.1, 0.15) is 0 Å². The van der Waals surface area contributed by atoms with Gasteiger partial charge in [-0.25, -0.2) is 4.79 Å². The summed E-state index contributed by atoms with van der Waals surface area (Å²) in [6.07, 6.45) is 0. The van der Waals surface area contributed by atoms with Crippen molar-refractivity contribution in [3.8, 4) is 0 Å². The molecule has 0 aliphatic heterocycles. The Balaban J connectivity index is 1.59. The van der Waals surface area contributed by atoms with Crippen LogP contribution in [0.2, 0.25) is 0 Å². The molecule has 0 unspecified atom stereocenters. The summed E-state index contributed by atoms with van der Waals surface area (Å²) in [5, 5.41) is 5.38. The second-order valence-electron chi connectivity index (χ2n) is 6.18. The number of rotatable bonds is 4. The number of hydrogen-bond acceptors (Lipinski definition) is 1. The lowest BCUT2D eigenvalue weighted by molar-refractivity contribution is 0.206. The first-order valence-corrected chi connectivity index (χ1v) is 8.14. The van der Waals surface area contributed by atoms with Crippen molar-refractivity contribution in [1.29, 1.82) is 0 Å². The Labute approximate surface area is 142 Å². The van der Waals surface area contributed by atoms with Gasteiger partial charge in [-0.1, -0.05) is 66.2 Å². The summed E-state index contributed by atoms with van der Waals surface area (Å²) in [6, 6.07) is 22.7. The van der Waals surface area contributed by atoms with Crippen molar-refractivity contribution >= 4 is 16.8 Å². The van der Waals surface area contributed by atoms with Gasteiger partial charge in [0.05, 0.1) is 0 Å². The van der Waals surface area contributed by atoms with E-state index in [0.29, 0.717) is 13.1 Å². The van der Waals surface area contributed by atoms with Crippen molar-refractivity contribution in [3.05, 3.63) is 83.4 Å². The van der Waals surface area contributed by atoms with Gasteiger partial charge in [-0.05, 0) is 34.9 Å². The van der Waals surface area contributed by atoms with E-state index in [9.17, 15) is 4.79 Å².